The van der Waals surface area contributed by atoms with Crippen molar-refractivity contribution in [3.05, 3.63) is 54.0 Å². The number of rotatable bonds is 5. The van der Waals surface area contributed by atoms with Crippen molar-refractivity contribution in [3.8, 4) is 0 Å². The van der Waals surface area contributed by atoms with Crippen LogP contribution in [0.15, 0.2) is 48.0 Å². The van der Waals surface area contributed by atoms with Crippen LogP contribution in [-0.4, -0.2) is 27.2 Å². The monoisotopic (exact) mass is 348 g/mol. The fraction of sp³-hybridized carbons (Fsp3) is 0.350. The van der Waals surface area contributed by atoms with Crippen LogP contribution in [0.4, 0.5) is 5.82 Å². The van der Waals surface area contributed by atoms with Crippen LogP contribution in [0.3, 0.4) is 0 Å². The molecular weight excluding hydrogens is 324 g/mol. The predicted molar refractivity (Wildman–Crippen MR) is 105 cm³/mol. The molecule has 0 aliphatic heterocycles. The van der Waals surface area contributed by atoms with Crippen molar-refractivity contribution in [2.45, 2.75) is 32.1 Å². The van der Waals surface area contributed by atoms with E-state index in [0.717, 1.165) is 40.4 Å². The third kappa shape index (κ3) is 3.40. The molecule has 0 spiro atoms. The van der Waals surface area contributed by atoms with Crippen molar-refractivity contribution < 1.29 is 0 Å². The van der Waals surface area contributed by atoms with E-state index in [9.17, 15) is 0 Å². The van der Waals surface area contributed by atoms with Gasteiger partial charge in [0.1, 0.15) is 17.2 Å². The lowest BCUT2D eigenvalue weighted by Gasteiger charge is -2.22. The summed E-state index contributed by atoms with van der Waals surface area (Å²) in [7, 11) is 0. The number of H-pyrrole nitrogens is 1. The number of aromatic nitrogens is 3. The first-order valence-corrected chi connectivity index (χ1v) is 9.26. The topological polar surface area (TPSA) is 92.0 Å². The van der Waals surface area contributed by atoms with Gasteiger partial charge in [0, 0.05) is 41.6 Å². The van der Waals surface area contributed by atoms with Crippen molar-refractivity contribution in [2.75, 3.05) is 11.9 Å². The maximum Gasteiger partial charge on any atom is 0.137 e. The molecule has 0 atom stereocenters. The Hall–Kier alpha value is -2.89. The van der Waals surface area contributed by atoms with Crippen molar-refractivity contribution in [1.82, 2.24) is 15.0 Å². The molecule has 3 aromatic rings. The fourth-order valence-corrected chi connectivity index (χ4v) is 3.73. The molecule has 0 aromatic carbocycles. The zero-order chi connectivity index (χ0) is 17.8. The molecule has 6 heteroatoms. The van der Waals surface area contributed by atoms with Gasteiger partial charge in [0.2, 0.25) is 0 Å². The standard InChI is InChI=1S/C20H24N6/c21-26-19(17-13-25-20-16(17)7-4-10-22-20)15-8-9-18(24-12-15)23-11-14-5-2-1-3-6-14/h4,7-10,12-14H,1-3,5-6,11,21H2,(H,22,25)(H,23,24)/b26-19+. The number of nitrogens with two attached hydrogens (primary N) is 1. The first-order valence-electron chi connectivity index (χ1n) is 9.26. The maximum absolute atomic E-state index is 5.69. The van der Waals surface area contributed by atoms with Crippen molar-refractivity contribution >= 4 is 22.6 Å². The summed E-state index contributed by atoms with van der Waals surface area (Å²) in [4.78, 5) is 12.0. The lowest BCUT2D eigenvalue weighted by Crippen LogP contribution is -2.17. The molecule has 0 unspecified atom stereocenters. The minimum Gasteiger partial charge on any atom is -0.370 e. The Labute approximate surface area is 152 Å². The van der Waals surface area contributed by atoms with Crippen LogP contribution in [0.1, 0.15) is 43.2 Å². The van der Waals surface area contributed by atoms with Gasteiger partial charge >= 0.3 is 0 Å². The molecule has 134 valence electrons. The molecule has 4 rings (SSSR count). The summed E-state index contributed by atoms with van der Waals surface area (Å²) in [5.74, 6) is 7.36. The molecule has 0 saturated heterocycles. The quantitative estimate of drug-likeness (QED) is 0.373. The first kappa shape index (κ1) is 16.6. The Morgan fingerprint density at radius 2 is 2.08 bits per heavy atom. The number of nitrogens with one attached hydrogen (secondary N) is 2. The lowest BCUT2D eigenvalue weighted by molar-refractivity contribution is 0.373. The molecule has 6 nitrogen and oxygen atoms in total. The number of hydrazone groups is 1. The van der Waals surface area contributed by atoms with Gasteiger partial charge in [0.15, 0.2) is 0 Å². The first-order chi connectivity index (χ1) is 12.8. The normalized spacial score (nSPS) is 16.1. The van der Waals surface area contributed by atoms with Gasteiger partial charge in [-0.1, -0.05) is 19.3 Å². The molecular formula is C20H24N6. The van der Waals surface area contributed by atoms with Crippen LogP contribution in [0.25, 0.3) is 11.0 Å². The SMILES string of the molecule is N/N=C(\c1ccc(NCC2CCCCC2)nc1)c1c[nH]c2ncccc12. The molecule has 0 bridgehead atoms. The molecule has 1 aliphatic carbocycles. The average molecular weight is 348 g/mol. The van der Waals surface area contributed by atoms with E-state index >= 15 is 0 Å². The van der Waals surface area contributed by atoms with E-state index in [1.165, 1.54) is 32.1 Å². The number of pyridine rings is 2. The number of fused-ring (bicyclic) bond motifs is 1. The van der Waals surface area contributed by atoms with Crippen LogP contribution in [0.5, 0.6) is 0 Å². The van der Waals surface area contributed by atoms with E-state index in [1.807, 2.05) is 36.7 Å². The van der Waals surface area contributed by atoms with Crippen molar-refractivity contribution in [3.63, 3.8) is 0 Å². The van der Waals surface area contributed by atoms with Crippen LogP contribution >= 0.6 is 0 Å². The zero-order valence-corrected chi connectivity index (χ0v) is 14.8. The summed E-state index contributed by atoms with van der Waals surface area (Å²) >= 11 is 0. The van der Waals surface area contributed by atoms with E-state index in [2.05, 4.69) is 25.4 Å². The maximum atomic E-state index is 5.69. The Kier molecular flexibility index (Phi) is 4.82. The Balaban J connectivity index is 1.50. The minimum atomic E-state index is 0.704. The van der Waals surface area contributed by atoms with E-state index in [4.69, 9.17) is 5.84 Å². The zero-order valence-electron chi connectivity index (χ0n) is 14.8. The summed E-state index contributed by atoms with van der Waals surface area (Å²) in [6.07, 6.45) is 12.2. The molecule has 0 radical (unpaired) electrons. The third-order valence-corrected chi connectivity index (χ3v) is 5.17. The number of hydrogen-bond donors (Lipinski definition) is 3. The summed E-state index contributed by atoms with van der Waals surface area (Å²) in [6.45, 7) is 0.998. The highest BCUT2D eigenvalue weighted by molar-refractivity contribution is 6.18. The molecule has 0 amide bonds. The average Bonchev–Trinajstić information content (AvgIpc) is 3.13. The van der Waals surface area contributed by atoms with Gasteiger partial charge in [0.25, 0.3) is 0 Å². The Morgan fingerprint density at radius 3 is 2.85 bits per heavy atom. The highest BCUT2D eigenvalue weighted by atomic mass is 15.1. The molecule has 26 heavy (non-hydrogen) atoms. The molecule has 4 N–H and O–H groups in total. The molecule has 3 aromatic heterocycles. The summed E-state index contributed by atoms with van der Waals surface area (Å²) in [5.41, 5.74) is 3.35. The second-order valence-electron chi connectivity index (χ2n) is 6.90. The van der Waals surface area contributed by atoms with Crippen molar-refractivity contribution in [2.24, 2.45) is 16.9 Å². The van der Waals surface area contributed by atoms with Crippen LogP contribution in [0.2, 0.25) is 0 Å². The Bertz CT molecular complexity index is 890. The fourth-order valence-electron chi connectivity index (χ4n) is 3.73. The van der Waals surface area contributed by atoms with Gasteiger partial charge in [-0.15, -0.1) is 0 Å². The number of aromatic amines is 1. The number of anilines is 1. The van der Waals surface area contributed by atoms with Gasteiger partial charge in [-0.25, -0.2) is 9.97 Å². The smallest absolute Gasteiger partial charge is 0.137 e. The second-order valence-corrected chi connectivity index (χ2v) is 6.90. The molecule has 3 heterocycles. The largest absolute Gasteiger partial charge is 0.370 e. The van der Waals surface area contributed by atoms with Gasteiger partial charge in [-0.05, 0) is 43.0 Å². The molecule has 1 saturated carbocycles. The minimum absolute atomic E-state index is 0.704. The van der Waals surface area contributed by atoms with Gasteiger partial charge in [0.05, 0.1) is 0 Å². The third-order valence-electron chi connectivity index (χ3n) is 5.17. The van der Waals surface area contributed by atoms with Crippen LogP contribution in [0, 0.1) is 5.92 Å². The van der Waals surface area contributed by atoms with Gasteiger partial charge < -0.3 is 16.1 Å². The number of nitrogens with zero attached hydrogens (tertiary/aromatic N) is 3. The second kappa shape index (κ2) is 7.56. The van der Waals surface area contributed by atoms with E-state index in [0.29, 0.717) is 5.71 Å². The van der Waals surface area contributed by atoms with E-state index < -0.39 is 0 Å². The predicted octanol–water partition coefficient (Wildman–Crippen LogP) is 3.66. The Morgan fingerprint density at radius 1 is 1.19 bits per heavy atom. The highest BCUT2D eigenvalue weighted by Gasteiger charge is 2.15. The highest BCUT2D eigenvalue weighted by Crippen LogP contribution is 2.24. The summed E-state index contributed by atoms with van der Waals surface area (Å²) in [5, 5.41) is 8.47. The summed E-state index contributed by atoms with van der Waals surface area (Å²) in [6, 6.07) is 7.92. The molecule has 1 fully saturated rings. The lowest BCUT2D eigenvalue weighted by atomic mass is 9.89. The van der Waals surface area contributed by atoms with Crippen molar-refractivity contribution in [1.29, 1.82) is 0 Å². The summed E-state index contributed by atoms with van der Waals surface area (Å²) < 4.78 is 0. The van der Waals surface area contributed by atoms with E-state index in [-0.39, 0.29) is 0 Å². The van der Waals surface area contributed by atoms with Crippen LogP contribution < -0.4 is 11.2 Å². The molecule has 1 aliphatic rings. The van der Waals surface area contributed by atoms with Gasteiger partial charge in [-0.3, -0.25) is 0 Å². The van der Waals surface area contributed by atoms with E-state index in [1.54, 1.807) is 6.20 Å². The number of hydrogen-bond acceptors (Lipinski definition) is 5. The van der Waals surface area contributed by atoms with Crippen LogP contribution in [-0.2, 0) is 0 Å². The van der Waals surface area contributed by atoms with Gasteiger partial charge in [-0.2, -0.15) is 5.10 Å².